The molecule has 1 saturated heterocycles. The molecule has 0 aromatic rings. The van der Waals surface area contributed by atoms with Crippen LogP contribution in [-0.2, 0) is 0 Å². The SMILES string of the molecule is OCC12CCC1CCN2. The third kappa shape index (κ3) is 0.578. The van der Waals surface area contributed by atoms with E-state index in [-0.39, 0.29) is 5.54 Å². The first-order valence-electron chi connectivity index (χ1n) is 3.73. The fraction of sp³-hybridized carbons (Fsp3) is 1.00. The minimum Gasteiger partial charge on any atom is -0.394 e. The number of aliphatic hydroxyl groups excluding tert-OH is 1. The van der Waals surface area contributed by atoms with Gasteiger partial charge in [-0.3, -0.25) is 0 Å². The summed E-state index contributed by atoms with van der Waals surface area (Å²) >= 11 is 0. The maximum Gasteiger partial charge on any atom is 0.0616 e. The van der Waals surface area contributed by atoms with Crippen LogP contribution in [0.5, 0.6) is 0 Å². The van der Waals surface area contributed by atoms with Crippen molar-refractivity contribution in [3.63, 3.8) is 0 Å². The lowest BCUT2D eigenvalue weighted by Crippen LogP contribution is -2.54. The van der Waals surface area contributed by atoms with Crippen molar-refractivity contribution in [2.75, 3.05) is 13.2 Å². The number of rotatable bonds is 1. The van der Waals surface area contributed by atoms with Gasteiger partial charge in [0.15, 0.2) is 0 Å². The average Bonchev–Trinajstić information content (AvgIpc) is 2.10. The zero-order valence-corrected chi connectivity index (χ0v) is 5.56. The van der Waals surface area contributed by atoms with E-state index in [2.05, 4.69) is 5.32 Å². The van der Waals surface area contributed by atoms with Crippen molar-refractivity contribution in [2.45, 2.75) is 24.8 Å². The quantitative estimate of drug-likeness (QED) is 0.524. The molecule has 2 N–H and O–H groups in total. The van der Waals surface area contributed by atoms with E-state index in [0.717, 1.165) is 12.5 Å². The predicted octanol–water partition coefficient (Wildman–Crippen LogP) is 0.121. The lowest BCUT2D eigenvalue weighted by Gasteiger charge is -2.43. The second-order valence-corrected chi connectivity index (χ2v) is 3.27. The van der Waals surface area contributed by atoms with Crippen LogP contribution in [0.25, 0.3) is 0 Å². The molecule has 1 saturated carbocycles. The molecular formula is C7H13NO. The summed E-state index contributed by atoms with van der Waals surface area (Å²) in [5.41, 5.74) is 0.181. The van der Waals surface area contributed by atoms with Crippen molar-refractivity contribution in [3.8, 4) is 0 Å². The van der Waals surface area contributed by atoms with E-state index in [0.29, 0.717) is 6.61 Å². The van der Waals surface area contributed by atoms with Gasteiger partial charge in [-0.05, 0) is 31.7 Å². The summed E-state index contributed by atoms with van der Waals surface area (Å²) in [6, 6.07) is 0. The van der Waals surface area contributed by atoms with E-state index in [1.165, 1.54) is 19.3 Å². The van der Waals surface area contributed by atoms with Gasteiger partial charge in [-0.15, -0.1) is 0 Å². The molecule has 2 heteroatoms. The molecule has 0 aromatic heterocycles. The molecule has 2 aliphatic rings. The van der Waals surface area contributed by atoms with Gasteiger partial charge in [0.05, 0.1) is 6.61 Å². The second-order valence-electron chi connectivity index (χ2n) is 3.27. The molecule has 0 bridgehead atoms. The van der Waals surface area contributed by atoms with Crippen molar-refractivity contribution in [1.29, 1.82) is 0 Å². The Morgan fingerprint density at radius 2 is 2.44 bits per heavy atom. The van der Waals surface area contributed by atoms with Crippen molar-refractivity contribution in [2.24, 2.45) is 5.92 Å². The molecule has 0 radical (unpaired) electrons. The Morgan fingerprint density at radius 3 is 2.78 bits per heavy atom. The van der Waals surface area contributed by atoms with Crippen LogP contribution in [0.1, 0.15) is 19.3 Å². The fourth-order valence-corrected chi connectivity index (χ4v) is 2.11. The summed E-state index contributed by atoms with van der Waals surface area (Å²) in [5.74, 6) is 0.794. The largest absolute Gasteiger partial charge is 0.394 e. The molecule has 1 heterocycles. The summed E-state index contributed by atoms with van der Waals surface area (Å²) in [6.45, 7) is 1.46. The first-order chi connectivity index (χ1) is 4.37. The molecule has 0 amide bonds. The summed E-state index contributed by atoms with van der Waals surface area (Å²) in [4.78, 5) is 0. The van der Waals surface area contributed by atoms with Crippen LogP contribution in [-0.4, -0.2) is 23.8 Å². The van der Waals surface area contributed by atoms with Crippen LogP contribution in [0.2, 0.25) is 0 Å². The molecule has 2 unspecified atom stereocenters. The lowest BCUT2D eigenvalue weighted by molar-refractivity contribution is 0.0591. The fourth-order valence-electron chi connectivity index (χ4n) is 2.11. The molecule has 1 aliphatic heterocycles. The molecule has 0 spiro atoms. The highest BCUT2D eigenvalue weighted by Crippen LogP contribution is 2.43. The normalized spacial score (nSPS) is 48.3. The summed E-state index contributed by atoms with van der Waals surface area (Å²) in [6.07, 6.45) is 3.79. The Morgan fingerprint density at radius 1 is 1.56 bits per heavy atom. The van der Waals surface area contributed by atoms with Crippen molar-refractivity contribution in [1.82, 2.24) is 5.32 Å². The zero-order chi connectivity index (χ0) is 6.32. The van der Waals surface area contributed by atoms with E-state index >= 15 is 0 Å². The molecule has 2 rings (SSSR count). The van der Waals surface area contributed by atoms with E-state index in [9.17, 15) is 0 Å². The third-order valence-electron chi connectivity index (χ3n) is 2.97. The minimum absolute atomic E-state index is 0.181. The van der Waals surface area contributed by atoms with Crippen LogP contribution in [0, 0.1) is 5.92 Å². The average molecular weight is 127 g/mol. The smallest absolute Gasteiger partial charge is 0.0616 e. The van der Waals surface area contributed by atoms with Gasteiger partial charge in [0.1, 0.15) is 0 Å². The molecule has 1 aliphatic carbocycles. The summed E-state index contributed by atoms with van der Waals surface area (Å²) in [5, 5.41) is 12.4. The van der Waals surface area contributed by atoms with E-state index < -0.39 is 0 Å². The van der Waals surface area contributed by atoms with Gasteiger partial charge in [0, 0.05) is 5.54 Å². The van der Waals surface area contributed by atoms with Gasteiger partial charge in [-0.1, -0.05) is 0 Å². The standard InChI is InChI=1S/C7H13NO/c9-5-7-3-1-6(7)2-4-8-7/h6,8-9H,1-5H2. The van der Waals surface area contributed by atoms with Crippen LogP contribution < -0.4 is 5.32 Å². The van der Waals surface area contributed by atoms with Crippen molar-refractivity contribution >= 4 is 0 Å². The van der Waals surface area contributed by atoms with E-state index in [1.54, 1.807) is 0 Å². The van der Waals surface area contributed by atoms with E-state index in [4.69, 9.17) is 5.11 Å². The monoisotopic (exact) mass is 127 g/mol. The number of fused-ring (bicyclic) bond motifs is 1. The molecule has 2 fully saturated rings. The number of nitrogens with one attached hydrogen (secondary N) is 1. The predicted molar refractivity (Wildman–Crippen MR) is 35.2 cm³/mol. The van der Waals surface area contributed by atoms with Crippen LogP contribution in [0.4, 0.5) is 0 Å². The lowest BCUT2D eigenvalue weighted by atomic mass is 9.68. The van der Waals surface area contributed by atoms with Crippen LogP contribution in [0.15, 0.2) is 0 Å². The second kappa shape index (κ2) is 1.70. The number of hydrogen-bond acceptors (Lipinski definition) is 2. The first-order valence-corrected chi connectivity index (χ1v) is 3.73. The van der Waals surface area contributed by atoms with Gasteiger partial charge < -0.3 is 10.4 Å². The Hall–Kier alpha value is -0.0800. The zero-order valence-electron chi connectivity index (χ0n) is 5.56. The van der Waals surface area contributed by atoms with Crippen LogP contribution in [0.3, 0.4) is 0 Å². The summed E-state index contributed by atoms with van der Waals surface area (Å²) < 4.78 is 0. The number of hydrogen-bond donors (Lipinski definition) is 2. The first kappa shape index (κ1) is 5.69. The van der Waals surface area contributed by atoms with Gasteiger partial charge in [0.2, 0.25) is 0 Å². The number of aliphatic hydroxyl groups is 1. The Labute approximate surface area is 55.3 Å². The highest BCUT2D eigenvalue weighted by atomic mass is 16.3. The molecule has 0 aromatic carbocycles. The Kier molecular flexibility index (Phi) is 1.08. The van der Waals surface area contributed by atoms with Gasteiger partial charge in [-0.2, -0.15) is 0 Å². The molecular weight excluding hydrogens is 114 g/mol. The molecule has 52 valence electrons. The van der Waals surface area contributed by atoms with Gasteiger partial charge in [0.25, 0.3) is 0 Å². The Balaban J connectivity index is 2.10. The molecule has 2 nitrogen and oxygen atoms in total. The van der Waals surface area contributed by atoms with Crippen molar-refractivity contribution in [3.05, 3.63) is 0 Å². The maximum atomic E-state index is 8.98. The van der Waals surface area contributed by atoms with Gasteiger partial charge in [-0.25, -0.2) is 0 Å². The highest BCUT2D eigenvalue weighted by molar-refractivity contribution is 5.06. The highest BCUT2D eigenvalue weighted by Gasteiger charge is 2.48. The Bertz CT molecular complexity index is 122. The third-order valence-corrected chi connectivity index (χ3v) is 2.97. The molecule has 9 heavy (non-hydrogen) atoms. The minimum atomic E-state index is 0.181. The maximum absolute atomic E-state index is 8.98. The topological polar surface area (TPSA) is 32.3 Å². The van der Waals surface area contributed by atoms with Gasteiger partial charge >= 0.3 is 0 Å². The van der Waals surface area contributed by atoms with Crippen LogP contribution >= 0.6 is 0 Å². The van der Waals surface area contributed by atoms with E-state index in [1.807, 2.05) is 0 Å². The summed E-state index contributed by atoms with van der Waals surface area (Å²) in [7, 11) is 0. The molecule has 2 atom stereocenters. The van der Waals surface area contributed by atoms with Crippen molar-refractivity contribution < 1.29 is 5.11 Å².